The SMILES string of the molecule is CC(C)n1cc(COc2cccc(F)c2)c2cc(O)ccc21. The van der Waals surface area contributed by atoms with E-state index in [9.17, 15) is 9.50 Å². The quantitative estimate of drug-likeness (QED) is 0.761. The van der Waals surface area contributed by atoms with Gasteiger partial charge in [0.1, 0.15) is 23.9 Å². The topological polar surface area (TPSA) is 34.4 Å². The number of nitrogens with zero attached hydrogens (tertiary/aromatic N) is 1. The lowest BCUT2D eigenvalue weighted by molar-refractivity contribution is 0.305. The average molecular weight is 299 g/mol. The zero-order chi connectivity index (χ0) is 15.7. The number of hydrogen-bond acceptors (Lipinski definition) is 2. The van der Waals surface area contributed by atoms with Crippen LogP contribution in [-0.2, 0) is 6.61 Å². The van der Waals surface area contributed by atoms with E-state index in [1.165, 1.54) is 12.1 Å². The van der Waals surface area contributed by atoms with Crippen LogP contribution in [0.4, 0.5) is 4.39 Å². The predicted molar refractivity (Wildman–Crippen MR) is 84.7 cm³/mol. The summed E-state index contributed by atoms with van der Waals surface area (Å²) in [6, 6.07) is 11.7. The van der Waals surface area contributed by atoms with Gasteiger partial charge in [-0.25, -0.2) is 4.39 Å². The molecule has 1 N–H and O–H groups in total. The summed E-state index contributed by atoms with van der Waals surface area (Å²) in [6.07, 6.45) is 2.02. The Balaban J connectivity index is 1.94. The molecule has 0 aliphatic carbocycles. The Morgan fingerprint density at radius 2 is 2.00 bits per heavy atom. The van der Waals surface area contributed by atoms with Crippen molar-refractivity contribution in [3.8, 4) is 11.5 Å². The van der Waals surface area contributed by atoms with Crippen LogP contribution in [0.2, 0.25) is 0 Å². The molecule has 0 atom stereocenters. The molecule has 0 fully saturated rings. The number of phenols is 1. The van der Waals surface area contributed by atoms with Crippen LogP contribution < -0.4 is 4.74 Å². The molecule has 22 heavy (non-hydrogen) atoms. The molecule has 3 rings (SSSR count). The van der Waals surface area contributed by atoms with E-state index in [1.807, 2.05) is 12.3 Å². The van der Waals surface area contributed by atoms with E-state index in [-0.39, 0.29) is 11.6 Å². The summed E-state index contributed by atoms with van der Waals surface area (Å²) in [7, 11) is 0. The van der Waals surface area contributed by atoms with E-state index < -0.39 is 0 Å². The first-order chi connectivity index (χ1) is 10.5. The first kappa shape index (κ1) is 14.4. The van der Waals surface area contributed by atoms with E-state index in [4.69, 9.17) is 4.74 Å². The van der Waals surface area contributed by atoms with Crippen LogP contribution in [0.3, 0.4) is 0 Å². The number of aromatic nitrogens is 1. The molecule has 0 aliphatic rings. The first-order valence-electron chi connectivity index (χ1n) is 7.25. The number of aromatic hydroxyl groups is 1. The lowest BCUT2D eigenvalue weighted by Crippen LogP contribution is -1.98. The van der Waals surface area contributed by atoms with Gasteiger partial charge in [0.25, 0.3) is 0 Å². The minimum atomic E-state index is -0.320. The third-order valence-corrected chi connectivity index (χ3v) is 3.65. The molecule has 0 spiro atoms. The fraction of sp³-hybridized carbons (Fsp3) is 0.222. The monoisotopic (exact) mass is 299 g/mol. The molecule has 0 aliphatic heterocycles. The largest absolute Gasteiger partial charge is 0.508 e. The second-order valence-corrected chi connectivity index (χ2v) is 5.60. The first-order valence-corrected chi connectivity index (χ1v) is 7.25. The summed E-state index contributed by atoms with van der Waals surface area (Å²) < 4.78 is 21.0. The number of fused-ring (bicyclic) bond motifs is 1. The highest BCUT2D eigenvalue weighted by Crippen LogP contribution is 2.29. The molecular formula is C18H18FNO2. The summed E-state index contributed by atoms with van der Waals surface area (Å²) in [6.45, 7) is 4.52. The minimum absolute atomic E-state index is 0.223. The van der Waals surface area contributed by atoms with Gasteiger partial charge >= 0.3 is 0 Å². The normalized spacial score (nSPS) is 11.3. The molecule has 0 saturated carbocycles. The maximum atomic E-state index is 13.2. The van der Waals surface area contributed by atoms with Crippen molar-refractivity contribution in [2.75, 3.05) is 0 Å². The summed E-state index contributed by atoms with van der Waals surface area (Å²) in [5.74, 6) is 0.395. The van der Waals surface area contributed by atoms with Gasteiger partial charge in [-0.15, -0.1) is 0 Å². The van der Waals surface area contributed by atoms with E-state index in [2.05, 4.69) is 18.4 Å². The number of benzene rings is 2. The van der Waals surface area contributed by atoms with Gasteiger partial charge in [0, 0.05) is 34.8 Å². The Labute approximate surface area is 128 Å². The summed E-state index contributed by atoms with van der Waals surface area (Å²) >= 11 is 0. The molecule has 114 valence electrons. The van der Waals surface area contributed by atoms with Crippen LogP contribution in [0.25, 0.3) is 10.9 Å². The van der Waals surface area contributed by atoms with Crippen molar-refractivity contribution in [1.29, 1.82) is 0 Å². The number of hydrogen-bond donors (Lipinski definition) is 1. The molecule has 0 bridgehead atoms. The van der Waals surface area contributed by atoms with E-state index >= 15 is 0 Å². The van der Waals surface area contributed by atoms with Crippen LogP contribution >= 0.6 is 0 Å². The minimum Gasteiger partial charge on any atom is -0.508 e. The van der Waals surface area contributed by atoms with Crippen molar-refractivity contribution in [3.63, 3.8) is 0 Å². The van der Waals surface area contributed by atoms with Crippen LogP contribution in [0.1, 0.15) is 25.5 Å². The fourth-order valence-corrected chi connectivity index (χ4v) is 2.57. The summed E-state index contributed by atoms with van der Waals surface area (Å²) in [5, 5.41) is 10.7. The Kier molecular flexibility index (Phi) is 3.75. The maximum absolute atomic E-state index is 13.2. The standard InChI is InChI=1S/C18H18FNO2/c1-12(2)20-10-13(17-9-15(21)6-7-18(17)20)11-22-16-5-3-4-14(19)8-16/h3-10,12,21H,11H2,1-2H3. The second kappa shape index (κ2) is 5.72. The van der Waals surface area contributed by atoms with Crippen molar-refractivity contribution in [1.82, 2.24) is 4.57 Å². The highest BCUT2D eigenvalue weighted by Gasteiger charge is 2.12. The Morgan fingerprint density at radius 1 is 1.18 bits per heavy atom. The van der Waals surface area contributed by atoms with Crippen LogP contribution in [0.5, 0.6) is 11.5 Å². The lowest BCUT2D eigenvalue weighted by atomic mass is 10.2. The molecule has 4 heteroatoms. The molecule has 3 nitrogen and oxygen atoms in total. The maximum Gasteiger partial charge on any atom is 0.126 e. The van der Waals surface area contributed by atoms with Gasteiger partial charge in [0.15, 0.2) is 0 Å². The Bertz CT molecular complexity index is 808. The zero-order valence-corrected chi connectivity index (χ0v) is 12.6. The summed E-state index contributed by atoms with van der Waals surface area (Å²) in [4.78, 5) is 0. The third kappa shape index (κ3) is 2.77. The fourth-order valence-electron chi connectivity index (χ4n) is 2.57. The van der Waals surface area contributed by atoms with Crippen LogP contribution in [0, 0.1) is 5.82 Å². The van der Waals surface area contributed by atoms with Crippen LogP contribution in [0.15, 0.2) is 48.7 Å². The highest BCUT2D eigenvalue weighted by molar-refractivity contribution is 5.85. The zero-order valence-electron chi connectivity index (χ0n) is 12.6. The van der Waals surface area contributed by atoms with Gasteiger partial charge in [-0.1, -0.05) is 6.07 Å². The number of rotatable bonds is 4. The molecule has 0 saturated heterocycles. The Hall–Kier alpha value is -2.49. The smallest absolute Gasteiger partial charge is 0.126 e. The molecule has 1 aromatic heterocycles. The van der Waals surface area contributed by atoms with Crippen molar-refractivity contribution in [2.24, 2.45) is 0 Å². The number of halogens is 1. The van der Waals surface area contributed by atoms with Gasteiger partial charge in [-0.05, 0) is 44.2 Å². The van der Waals surface area contributed by atoms with Crippen molar-refractivity contribution < 1.29 is 14.2 Å². The van der Waals surface area contributed by atoms with Gasteiger partial charge < -0.3 is 14.4 Å². The average Bonchev–Trinajstić information content (AvgIpc) is 2.83. The van der Waals surface area contributed by atoms with Crippen molar-refractivity contribution >= 4 is 10.9 Å². The second-order valence-electron chi connectivity index (χ2n) is 5.60. The molecule has 0 amide bonds. The lowest BCUT2D eigenvalue weighted by Gasteiger charge is -2.08. The van der Waals surface area contributed by atoms with Crippen molar-refractivity contribution in [2.45, 2.75) is 26.5 Å². The van der Waals surface area contributed by atoms with Gasteiger partial charge in [0.2, 0.25) is 0 Å². The van der Waals surface area contributed by atoms with E-state index in [1.54, 1.807) is 24.3 Å². The van der Waals surface area contributed by atoms with Gasteiger partial charge in [-0.2, -0.15) is 0 Å². The Morgan fingerprint density at radius 3 is 2.73 bits per heavy atom. The molecule has 2 aromatic carbocycles. The molecule has 0 radical (unpaired) electrons. The van der Waals surface area contributed by atoms with E-state index in [0.29, 0.717) is 18.4 Å². The number of ether oxygens (including phenoxy) is 1. The van der Waals surface area contributed by atoms with E-state index in [0.717, 1.165) is 16.5 Å². The van der Waals surface area contributed by atoms with Gasteiger partial charge in [0.05, 0.1) is 0 Å². The molecule has 1 heterocycles. The van der Waals surface area contributed by atoms with Crippen LogP contribution in [-0.4, -0.2) is 9.67 Å². The molecule has 3 aromatic rings. The molecular weight excluding hydrogens is 281 g/mol. The number of phenolic OH excluding ortho intramolecular Hbond substituents is 1. The highest BCUT2D eigenvalue weighted by atomic mass is 19.1. The van der Waals surface area contributed by atoms with Gasteiger partial charge in [-0.3, -0.25) is 0 Å². The van der Waals surface area contributed by atoms with Crippen molar-refractivity contribution in [3.05, 3.63) is 60.0 Å². The molecule has 0 unspecified atom stereocenters. The summed E-state index contributed by atoms with van der Waals surface area (Å²) in [5.41, 5.74) is 2.01. The predicted octanol–water partition coefficient (Wildman–Crippen LogP) is 4.65. The third-order valence-electron chi connectivity index (χ3n) is 3.65.